The third kappa shape index (κ3) is 3.32. The molecular formula is C30H22N2O2. The summed E-state index contributed by atoms with van der Waals surface area (Å²) in [4.78, 5) is 17.3. The van der Waals surface area contributed by atoms with Gasteiger partial charge >= 0.3 is 5.97 Å². The molecule has 0 amide bonds. The summed E-state index contributed by atoms with van der Waals surface area (Å²) in [6.07, 6.45) is 0. The normalized spacial score (nSPS) is 11.3. The Morgan fingerprint density at radius 3 is 2.26 bits per heavy atom. The zero-order valence-corrected chi connectivity index (χ0v) is 18.7. The second-order valence-electron chi connectivity index (χ2n) is 8.38. The van der Waals surface area contributed by atoms with Crippen LogP contribution in [-0.2, 0) is 11.3 Å². The van der Waals surface area contributed by atoms with Crippen molar-refractivity contribution in [2.24, 2.45) is 0 Å². The third-order valence-electron chi connectivity index (χ3n) is 6.41. The van der Waals surface area contributed by atoms with Crippen molar-refractivity contribution in [3.8, 4) is 11.4 Å². The van der Waals surface area contributed by atoms with Crippen molar-refractivity contribution < 1.29 is 9.53 Å². The summed E-state index contributed by atoms with van der Waals surface area (Å²) in [6, 6.07) is 35.0. The maximum absolute atomic E-state index is 12.3. The first-order valence-electron chi connectivity index (χ1n) is 11.3. The molecule has 4 nitrogen and oxygen atoms in total. The lowest BCUT2D eigenvalue weighted by Gasteiger charge is -2.13. The number of carbonyl (C=O) groups excluding carboxylic acids is 1. The lowest BCUT2D eigenvalue weighted by atomic mass is 10.0. The molecule has 34 heavy (non-hydrogen) atoms. The first-order chi connectivity index (χ1) is 16.7. The van der Waals surface area contributed by atoms with Gasteiger partial charge in [-0.3, -0.25) is 0 Å². The van der Waals surface area contributed by atoms with E-state index in [-0.39, 0.29) is 5.97 Å². The highest BCUT2D eigenvalue weighted by Crippen LogP contribution is 2.33. The third-order valence-corrected chi connectivity index (χ3v) is 6.41. The van der Waals surface area contributed by atoms with Gasteiger partial charge in [-0.05, 0) is 45.3 Å². The van der Waals surface area contributed by atoms with Crippen molar-refractivity contribution in [2.75, 3.05) is 7.11 Å². The molecule has 0 aliphatic heterocycles. The number of aromatic nitrogens is 2. The minimum Gasteiger partial charge on any atom is -0.465 e. The number of imidazole rings is 1. The van der Waals surface area contributed by atoms with Crippen LogP contribution in [0.25, 0.3) is 44.0 Å². The molecule has 6 aromatic rings. The summed E-state index contributed by atoms with van der Waals surface area (Å²) in [5, 5.41) is 4.72. The molecule has 0 fully saturated rings. The van der Waals surface area contributed by atoms with Crippen LogP contribution < -0.4 is 0 Å². The van der Waals surface area contributed by atoms with Crippen molar-refractivity contribution in [2.45, 2.75) is 6.54 Å². The summed E-state index contributed by atoms with van der Waals surface area (Å²) in [5.74, 6) is 0.522. The number of hydrogen-bond acceptors (Lipinski definition) is 3. The zero-order valence-electron chi connectivity index (χ0n) is 18.7. The van der Waals surface area contributed by atoms with Gasteiger partial charge in [0.15, 0.2) is 0 Å². The standard InChI is InChI=1S/C30H22N2O2/c1-34-30(33)22-16-17-27-28(18-22)32(19-23-12-6-10-20-8-2-4-13-24(20)23)29(31-27)26-15-7-11-21-9-3-5-14-25(21)26/h2-18H,19H2,1H3. The molecule has 164 valence electrons. The number of fused-ring (bicyclic) bond motifs is 3. The highest BCUT2D eigenvalue weighted by atomic mass is 16.5. The number of benzene rings is 5. The summed E-state index contributed by atoms with van der Waals surface area (Å²) in [6.45, 7) is 0.626. The molecule has 0 radical (unpaired) electrons. The van der Waals surface area contributed by atoms with Crippen molar-refractivity contribution in [3.05, 3.63) is 114 Å². The van der Waals surface area contributed by atoms with Gasteiger partial charge in [0.05, 0.1) is 30.3 Å². The lowest BCUT2D eigenvalue weighted by molar-refractivity contribution is 0.0601. The van der Waals surface area contributed by atoms with E-state index in [1.54, 1.807) is 6.07 Å². The average molecular weight is 443 g/mol. The van der Waals surface area contributed by atoms with Crippen LogP contribution in [0.15, 0.2) is 103 Å². The Balaban J connectivity index is 1.63. The van der Waals surface area contributed by atoms with Crippen LogP contribution in [0.2, 0.25) is 0 Å². The van der Waals surface area contributed by atoms with Crippen LogP contribution in [0.1, 0.15) is 15.9 Å². The largest absolute Gasteiger partial charge is 0.465 e. The molecule has 0 N–H and O–H groups in total. The number of nitrogens with zero attached hydrogens (tertiary/aromatic N) is 2. The first kappa shape index (κ1) is 20.2. The van der Waals surface area contributed by atoms with Gasteiger partial charge < -0.3 is 9.30 Å². The second kappa shape index (κ2) is 8.16. The molecule has 0 saturated carbocycles. The SMILES string of the molecule is COC(=O)c1ccc2nc(-c3cccc4ccccc34)n(Cc3cccc4ccccc34)c2c1. The van der Waals surface area contributed by atoms with Gasteiger partial charge in [-0.2, -0.15) is 0 Å². The molecule has 1 aromatic heterocycles. The van der Waals surface area contributed by atoms with Crippen LogP contribution >= 0.6 is 0 Å². The van der Waals surface area contributed by atoms with E-state index in [4.69, 9.17) is 9.72 Å². The molecule has 6 rings (SSSR count). The maximum atomic E-state index is 12.3. The Morgan fingerprint density at radius 2 is 1.47 bits per heavy atom. The summed E-state index contributed by atoms with van der Waals surface area (Å²) < 4.78 is 7.20. The van der Waals surface area contributed by atoms with Gasteiger partial charge in [-0.25, -0.2) is 9.78 Å². The number of carbonyl (C=O) groups is 1. The van der Waals surface area contributed by atoms with Crippen molar-refractivity contribution in [1.82, 2.24) is 9.55 Å². The topological polar surface area (TPSA) is 44.1 Å². The van der Waals surface area contributed by atoms with Gasteiger partial charge in [0.25, 0.3) is 0 Å². The van der Waals surface area contributed by atoms with E-state index in [0.29, 0.717) is 12.1 Å². The van der Waals surface area contributed by atoms with Crippen molar-refractivity contribution >= 4 is 38.5 Å². The predicted molar refractivity (Wildman–Crippen MR) is 137 cm³/mol. The van der Waals surface area contributed by atoms with Crippen LogP contribution in [0.4, 0.5) is 0 Å². The fourth-order valence-corrected chi connectivity index (χ4v) is 4.75. The van der Waals surface area contributed by atoms with Gasteiger partial charge in [0.1, 0.15) is 5.82 Å². The molecule has 4 heteroatoms. The molecule has 0 bridgehead atoms. The molecule has 0 saturated heterocycles. The van der Waals surface area contributed by atoms with Crippen molar-refractivity contribution in [3.63, 3.8) is 0 Å². The average Bonchev–Trinajstić information content (AvgIpc) is 3.25. The van der Waals surface area contributed by atoms with Crippen LogP contribution in [0, 0.1) is 0 Å². The number of hydrogen-bond donors (Lipinski definition) is 0. The molecule has 0 atom stereocenters. The van der Waals surface area contributed by atoms with Crippen LogP contribution in [0.5, 0.6) is 0 Å². The van der Waals surface area contributed by atoms with Gasteiger partial charge in [0.2, 0.25) is 0 Å². The quantitative estimate of drug-likeness (QED) is 0.281. The maximum Gasteiger partial charge on any atom is 0.337 e. The Morgan fingerprint density at radius 1 is 0.794 bits per heavy atom. The smallest absolute Gasteiger partial charge is 0.337 e. The number of methoxy groups -OCH3 is 1. The molecule has 1 heterocycles. The Labute approximate surface area is 197 Å². The molecule has 0 aliphatic carbocycles. The monoisotopic (exact) mass is 442 g/mol. The second-order valence-corrected chi connectivity index (χ2v) is 8.38. The van der Waals surface area contributed by atoms with E-state index in [1.165, 1.54) is 28.8 Å². The fourth-order valence-electron chi connectivity index (χ4n) is 4.75. The molecule has 5 aromatic carbocycles. The highest BCUT2D eigenvalue weighted by molar-refractivity contribution is 5.98. The first-order valence-corrected chi connectivity index (χ1v) is 11.3. The van der Waals surface area contributed by atoms with Gasteiger partial charge in [0, 0.05) is 5.56 Å². The molecule has 0 aliphatic rings. The predicted octanol–water partition coefficient (Wildman–Crippen LogP) is 6.84. The number of rotatable bonds is 4. The fraction of sp³-hybridized carbons (Fsp3) is 0.0667. The van der Waals surface area contributed by atoms with Gasteiger partial charge in [-0.1, -0.05) is 84.9 Å². The Bertz CT molecular complexity index is 1690. The van der Waals surface area contributed by atoms with E-state index in [0.717, 1.165) is 27.8 Å². The van der Waals surface area contributed by atoms with E-state index < -0.39 is 0 Å². The minimum absolute atomic E-state index is 0.355. The van der Waals surface area contributed by atoms with E-state index in [1.807, 2.05) is 18.2 Å². The molecule has 0 spiro atoms. The number of esters is 1. The highest BCUT2D eigenvalue weighted by Gasteiger charge is 2.18. The van der Waals surface area contributed by atoms with Crippen LogP contribution in [-0.4, -0.2) is 22.6 Å². The zero-order chi connectivity index (χ0) is 23.1. The van der Waals surface area contributed by atoms with E-state index in [9.17, 15) is 4.79 Å². The number of ether oxygens (including phenoxy) is 1. The van der Waals surface area contributed by atoms with E-state index >= 15 is 0 Å². The minimum atomic E-state index is -0.355. The van der Waals surface area contributed by atoms with Crippen LogP contribution in [0.3, 0.4) is 0 Å². The Hall–Kier alpha value is -4.44. The molecule has 0 unspecified atom stereocenters. The summed E-state index contributed by atoms with van der Waals surface area (Å²) in [7, 11) is 1.40. The lowest BCUT2D eigenvalue weighted by Crippen LogP contribution is -2.05. The summed E-state index contributed by atoms with van der Waals surface area (Å²) >= 11 is 0. The van der Waals surface area contributed by atoms with Crippen molar-refractivity contribution in [1.29, 1.82) is 0 Å². The Kier molecular flexibility index (Phi) is 4.84. The van der Waals surface area contributed by atoms with Gasteiger partial charge in [-0.15, -0.1) is 0 Å². The van der Waals surface area contributed by atoms with E-state index in [2.05, 4.69) is 83.4 Å². The summed E-state index contributed by atoms with van der Waals surface area (Å²) in [5.41, 5.74) is 4.52. The molecular weight excluding hydrogens is 420 g/mol.